The van der Waals surface area contributed by atoms with Crippen molar-refractivity contribution in [3.63, 3.8) is 0 Å². The number of hydrogen-bond donors (Lipinski definition) is 0. The van der Waals surface area contributed by atoms with Gasteiger partial charge in [-0.15, -0.1) is 11.3 Å². The van der Waals surface area contributed by atoms with Crippen LogP contribution < -0.4 is 5.56 Å². The Morgan fingerprint density at radius 3 is 3.04 bits per heavy atom. The smallest absolute Gasteiger partial charge is 0.271 e. The van der Waals surface area contributed by atoms with Gasteiger partial charge in [0, 0.05) is 5.56 Å². The summed E-state index contributed by atoms with van der Waals surface area (Å²) in [5.74, 6) is 0.204. The topological polar surface area (TPSA) is 73.8 Å². The molecule has 6 nitrogen and oxygen atoms in total. The van der Waals surface area contributed by atoms with Crippen molar-refractivity contribution in [2.24, 2.45) is 0 Å². The third kappa shape index (κ3) is 2.50. The first-order valence-electron chi connectivity index (χ1n) is 7.13. The number of fused-ring (bicyclic) bond motifs is 1. The lowest BCUT2D eigenvalue weighted by Crippen LogP contribution is -2.20. The summed E-state index contributed by atoms with van der Waals surface area (Å²) in [6, 6.07) is 6.52. The summed E-state index contributed by atoms with van der Waals surface area (Å²) in [5, 5.41) is 5.67. The first kappa shape index (κ1) is 14.7. The Labute approximate surface area is 139 Å². The molecule has 0 aliphatic rings. The summed E-state index contributed by atoms with van der Waals surface area (Å²) in [5.41, 5.74) is 1.58. The van der Waals surface area contributed by atoms with Gasteiger partial charge in [-0.05, 0) is 30.0 Å². The van der Waals surface area contributed by atoms with Crippen molar-refractivity contribution in [3.05, 3.63) is 63.6 Å². The molecule has 0 radical (unpaired) electrons. The van der Waals surface area contributed by atoms with E-state index in [9.17, 15) is 9.18 Å². The van der Waals surface area contributed by atoms with Crippen molar-refractivity contribution in [2.45, 2.75) is 13.5 Å². The van der Waals surface area contributed by atoms with Crippen molar-refractivity contribution >= 4 is 21.6 Å². The Morgan fingerprint density at radius 1 is 1.33 bits per heavy atom. The Balaban J connectivity index is 1.66. The zero-order valence-electron chi connectivity index (χ0n) is 12.6. The van der Waals surface area contributed by atoms with E-state index in [1.165, 1.54) is 28.3 Å². The van der Waals surface area contributed by atoms with Crippen LogP contribution >= 0.6 is 11.3 Å². The molecule has 0 atom stereocenters. The van der Waals surface area contributed by atoms with Gasteiger partial charge in [0.05, 0.1) is 11.8 Å². The average Bonchev–Trinajstić information content (AvgIpc) is 3.22. The maximum Gasteiger partial charge on any atom is 0.271 e. The van der Waals surface area contributed by atoms with Gasteiger partial charge in [0.1, 0.15) is 17.1 Å². The van der Waals surface area contributed by atoms with Crippen molar-refractivity contribution in [1.82, 2.24) is 19.7 Å². The summed E-state index contributed by atoms with van der Waals surface area (Å²) < 4.78 is 20.8. The van der Waals surface area contributed by atoms with Gasteiger partial charge < -0.3 is 4.52 Å². The molecule has 3 aromatic heterocycles. The Bertz CT molecular complexity index is 1100. The summed E-state index contributed by atoms with van der Waals surface area (Å²) in [4.78, 5) is 20.8. The van der Waals surface area contributed by atoms with Crippen molar-refractivity contribution in [2.75, 3.05) is 0 Å². The van der Waals surface area contributed by atoms with E-state index in [1.807, 2.05) is 5.38 Å². The molecule has 0 aliphatic carbocycles. The fourth-order valence-corrected chi connectivity index (χ4v) is 3.10. The first-order valence-corrected chi connectivity index (χ1v) is 8.01. The van der Waals surface area contributed by atoms with E-state index in [0.29, 0.717) is 21.3 Å². The third-order valence-electron chi connectivity index (χ3n) is 3.64. The fraction of sp³-hybridized carbons (Fsp3) is 0.125. The summed E-state index contributed by atoms with van der Waals surface area (Å²) in [6.07, 6.45) is 1.45. The van der Waals surface area contributed by atoms with E-state index < -0.39 is 0 Å². The molecule has 0 spiro atoms. The first-order chi connectivity index (χ1) is 11.6. The third-order valence-corrected chi connectivity index (χ3v) is 4.53. The highest BCUT2D eigenvalue weighted by molar-refractivity contribution is 7.17. The molecular weight excluding hydrogens is 331 g/mol. The largest absolute Gasteiger partial charge is 0.337 e. The van der Waals surface area contributed by atoms with E-state index in [-0.39, 0.29) is 29.6 Å². The van der Waals surface area contributed by atoms with Crippen LogP contribution in [-0.2, 0) is 6.54 Å². The average molecular weight is 342 g/mol. The molecule has 0 saturated carbocycles. The zero-order valence-corrected chi connectivity index (χ0v) is 13.4. The van der Waals surface area contributed by atoms with Crippen molar-refractivity contribution in [3.8, 4) is 11.4 Å². The molecule has 1 aromatic carbocycles. The molecule has 0 N–H and O–H groups in total. The minimum atomic E-state index is -0.331. The highest BCUT2D eigenvalue weighted by Gasteiger charge is 2.12. The standard InChI is InChI=1S/C16H11FN4O2S/c1-9-2-3-10(6-11(9)17)15-19-13(23-20-15)7-21-8-18-12-4-5-24-14(12)16(21)22/h2-6,8H,7H2,1H3. The Hall–Kier alpha value is -2.87. The molecular formula is C16H11FN4O2S. The summed E-state index contributed by atoms with van der Waals surface area (Å²) in [7, 11) is 0. The minimum Gasteiger partial charge on any atom is -0.337 e. The predicted molar refractivity (Wildman–Crippen MR) is 87.4 cm³/mol. The molecule has 0 unspecified atom stereocenters. The lowest BCUT2D eigenvalue weighted by atomic mass is 10.1. The van der Waals surface area contributed by atoms with Crippen LogP contribution in [0.25, 0.3) is 21.6 Å². The Morgan fingerprint density at radius 2 is 2.21 bits per heavy atom. The van der Waals surface area contributed by atoms with Crippen molar-refractivity contribution in [1.29, 1.82) is 0 Å². The maximum atomic E-state index is 13.7. The summed E-state index contributed by atoms with van der Waals surface area (Å²) in [6.45, 7) is 1.79. The minimum absolute atomic E-state index is 0.112. The number of nitrogens with zero attached hydrogens (tertiary/aromatic N) is 4. The van der Waals surface area contributed by atoms with Gasteiger partial charge in [0.25, 0.3) is 5.56 Å². The number of aromatic nitrogens is 4. The maximum absolute atomic E-state index is 13.7. The number of benzene rings is 1. The van der Waals surface area contributed by atoms with Crippen LogP contribution in [0.5, 0.6) is 0 Å². The molecule has 8 heteroatoms. The quantitative estimate of drug-likeness (QED) is 0.572. The number of rotatable bonds is 3. The van der Waals surface area contributed by atoms with Gasteiger partial charge in [0.15, 0.2) is 0 Å². The second-order valence-corrected chi connectivity index (χ2v) is 6.20. The van der Waals surface area contributed by atoms with Gasteiger partial charge in [-0.1, -0.05) is 17.3 Å². The second kappa shape index (κ2) is 5.64. The normalized spacial score (nSPS) is 11.2. The Kier molecular flexibility index (Phi) is 3.46. The van der Waals surface area contributed by atoms with Crippen LogP contribution in [0.4, 0.5) is 4.39 Å². The van der Waals surface area contributed by atoms with E-state index in [1.54, 1.807) is 25.1 Å². The number of thiophene rings is 1. The van der Waals surface area contributed by atoms with Gasteiger partial charge in [-0.25, -0.2) is 9.37 Å². The lowest BCUT2D eigenvalue weighted by molar-refractivity contribution is 0.369. The van der Waals surface area contributed by atoms with Gasteiger partial charge >= 0.3 is 0 Å². The SMILES string of the molecule is Cc1ccc(-c2noc(Cn3cnc4ccsc4c3=O)n2)cc1F. The predicted octanol–water partition coefficient (Wildman–Crippen LogP) is 3.00. The molecule has 0 aliphatic heterocycles. The van der Waals surface area contributed by atoms with Gasteiger partial charge in [-0.3, -0.25) is 9.36 Å². The molecule has 4 rings (SSSR count). The highest BCUT2D eigenvalue weighted by Crippen LogP contribution is 2.19. The van der Waals surface area contributed by atoms with Crippen LogP contribution in [0.1, 0.15) is 11.5 Å². The summed E-state index contributed by atoms with van der Waals surface area (Å²) >= 11 is 1.34. The van der Waals surface area contributed by atoms with Crippen LogP contribution in [0.15, 0.2) is 45.3 Å². The molecule has 120 valence electrons. The molecule has 0 amide bonds. The second-order valence-electron chi connectivity index (χ2n) is 5.29. The molecule has 4 aromatic rings. The van der Waals surface area contributed by atoms with E-state index >= 15 is 0 Å². The molecule has 0 saturated heterocycles. The highest BCUT2D eigenvalue weighted by atomic mass is 32.1. The number of aryl methyl sites for hydroxylation is 1. The van der Waals surface area contributed by atoms with E-state index in [2.05, 4.69) is 15.1 Å². The molecule has 3 heterocycles. The molecule has 24 heavy (non-hydrogen) atoms. The van der Waals surface area contributed by atoms with E-state index in [4.69, 9.17) is 4.52 Å². The fourth-order valence-electron chi connectivity index (χ4n) is 2.31. The van der Waals surface area contributed by atoms with Gasteiger partial charge in [-0.2, -0.15) is 4.98 Å². The van der Waals surface area contributed by atoms with Gasteiger partial charge in [0.2, 0.25) is 11.7 Å². The van der Waals surface area contributed by atoms with E-state index in [0.717, 1.165) is 0 Å². The van der Waals surface area contributed by atoms with Crippen LogP contribution in [0, 0.1) is 12.7 Å². The zero-order chi connectivity index (χ0) is 16.7. The van der Waals surface area contributed by atoms with Crippen LogP contribution in [0.3, 0.4) is 0 Å². The molecule has 0 bridgehead atoms. The number of hydrogen-bond acceptors (Lipinski definition) is 6. The number of halogens is 1. The lowest BCUT2D eigenvalue weighted by Gasteiger charge is -2.00. The van der Waals surface area contributed by atoms with Crippen LogP contribution in [0.2, 0.25) is 0 Å². The monoisotopic (exact) mass is 342 g/mol. The van der Waals surface area contributed by atoms with Crippen molar-refractivity contribution < 1.29 is 8.91 Å². The molecule has 0 fully saturated rings. The van der Waals surface area contributed by atoms with Crippen LogP contribution in [-0.4, -0.2) is 19.7 Å².